The average Bonchev–Trinajstić information content (AvgIpc) is 3.35. The van der Waals surface area contributed by atoms with E-state index in [1.807, 2.05) is 52.8 Å². The van der Waals surface area contributed by atoms with E-state index in [0.29, 0.717) is 23.1 Å². The highest BCUT2D eigenvalue weighted by atomic mass is 16.6. The van der Waals surface area contributed by atoms with Crippen LogP contribution < -0.4 is 10.9 Å². The van der Waals surface area contributed by atoms with Crippen LogP contribution >= 0.6 is 0 Å². The molecule has 0 unspecified atom stereocenters. The van der Waals surface area contributed by atoms with Gasteiger partial charge in [0.25, 0.3) is 5.56 Å². The van der Waals surface area contributed by atoms with Gasteiger partial charge in [-0.25, -0.2) is 9.78 Å². The van der Waals surface area contributed by atoms with Gasteiger partial charge in [-0.15, -0.1) is 0 Å². The molecule has 6 heteroatoms. The maximum atomic E-state index is 13.2. The first kappa shape index (κ1) is 18.4. The van der Waals surface area contributed by atoms with E-state index in [0.717, 1.165) is 18.4 Å². The van der Waals surface area contributed by atoms with Gasteiger partial charge in [0, 0.05) is 11.6 Å². The van der Waals surface area contributed by atoms with E-state index in [2.05, 4.69) is 5.32 Å². The first-order valence-electron chi connectivity index (χ1n) is 9.22. The molecule has 1 heterocycles. The molecule has 0 aliphatic heterocycles. The Bertz CT molecular complexity index is 892. The van der Waals surface area contributed by atoms with Gasteiger partial charge in [-0.1, -0.05) is 19.1 Å². The van der Waals surface area contributed by atoms with Gasteiger partial charge in [0.1, 0.15) is 0 Å². The number of ether oxygens (including phenoxy) is 1. The number of carbonyl (C=O) groups excluding carboxylic acids is 1. The van der Waals surface area contributed by atoms with Gasteiger partial charge in [-0.2, -0.15) is 0 Å². The lowest BCUT2D eigenvalue weighted by atomic mass is 10.1. The molecule has 0 radical (unpaired) electrons. The zero-order valence-electron chi connectivity index (χ0n) is 16.1. The maximum absolute atomic E-state index is 13.2. The summed E-state index contributed by atoms with van der Waals surface area (Å²) in [6.45, 7) is 9.54. The summed E-state index contributed by atoms with van der Waals surface area (Å²) in [4.78, 5) is 30.1. The summed E-state index contributed by atoms with van der Waals surface area (Å²) < 4.78 is 7.39. The van der Waals surface area contributed by atoms with Crippen LogP contribution in [-0.2, 0) is 4.74 Å². The molecule has 1 aliphatic rings. The van der Waals surface area contributed by atoms with Crippen molar-refractivity contribution >= 4 is 17.0 Å². The first-order valence-corrected chi connectivity index (χ1v) is 9.22. The van der Waals surface area contributed by atoms with Crippen molar-refractivity contribution in [2.45, 2.75) is 71.6 Å². The third-order valence-corrected chi connectivity index (χ3v) is 4.46. The lowest BCUT2D eigenvalue weighted by Gasteiger charge is -2.24. The number of hydrogen-bond donors (Lipinski definition) is 1. The molecule has 1 aliphatic carbocycles. The third-order valence-electron chi connectivity index (χ3n) is 4.46. The van der Waals surface area contributed by atoms with Crippen LogP contribution in [0.25, 0.3) is 10.9 Å². The number of carbonyl (C=O) groups is 1. The smallest absolute Gasteiger partial charge is 0.408 e. The number of nitrogens with zero attached hydrogens (tertiary/aromatic N) is 2. The quantitative estimate of drug-likeness (QED) is 0.897. The molecule has 140 valence electrons. The predicted molar refractivity (Wildman–Crippen MR) is 101 cm³/mol. The van der Waals surface area contributed by atoms with Crippen molar-refractivity contribution in [1.82, 2.24) is 14.9 Å². The van der Waals surface area contributed by atoms with Crippen molar-refractivity contribution in [2.75, 3.05) is 0 Å². The Balaban J connectivity index is 2.06. The Morgan fingerprint density at radius 3 is 2.65 bits per heavy atom. The maximum Gasteiger partial charge on any atom is 0.408 e. The Labute approximate surface area is 153 Å². The molecule has 0 spiro atoms. The van der Waals surface area contributed by atoms with Crippen molar-refractivity contribution in [3.63, 3.8) is 0 Å². The Morgan fingerprint density at radius 1 is 1.38 bits per heavy atom. The van der Waals surface area contributed by atoms with E-state index < -0.39 is 12.2 Å². The number of rotatable bonds is 4. The average molecular weight is 357 g/mol. The van der Waals surface area contributed by atoms with Crippen LogP contribution in [-0.4, -0.2) is 21.2 Å². The van der Waals surface area contributed by atoms with E-state index in [9.17, 15) is 9.59 Å². The van der Waals surface area contributed by atoms with Crippen molar-refractivity contribution in [2.24, 2.45) is 0 Å². The summed E-state index contributed by atoms with van der Waals surface area (Å²) >= 11 is 0. The minimum absolute atomic E-state index is 0.0381. The van der Waals surface area contributed by atoms with E-state index in [-0.39, 0.29) is 17.1 Å². The highest BCUT2D eigenvalue weighted by Gasteiger charge is 2.32. The second-order valence-electron chi connectivity index (χ2n) is 8.02. The van der Waals surface area contributed by atoms with Gasteiger partial charge >= 0.3 is 6.09 Å². The molecule has 1 aromatic heterocycles. The minimum Gasteiger partial charge on any atom is -0.438 e. The molecule has 26 heavy (non-hydrogen) atoms. The number of aryl methyl sites for hydroxylation is 1. The highest BCUT2D eigenvalue weighted by Crippen LogP contribution is 2.37. The van der Waals surface area contributed by atoms with Gasteiger partial charge in [-0.05, 0) is 58.6 Å². The Morgan fingerprint density at radius 2 is 2.08 bits per heavy atom. The Kier molecular flexibility index (Phi) is 4.78. The standard InChI is InChI=1S/C20H27N3O3/c1-6-15(26-19(25)22-20(3,4)5)17-21-14-9-7-8-12(2)16(14)18(24)23(17)13-10-11-13/h7-9,13,15H,6,10-11H2,1-5H3,(H,22,25)/t15-/m0/s1. The van der Waals surface area contributed by atoms with Crippen LogP contribution in [0.3, 0.4) is 0 Å². The van der Waals surface area contributed by atoms with Crippen LogP contribution in [0, 0.1) is 6.92 Å². The molecular formula is C20H27N3O3. The van der Waals surface area contributed by atoms with Crippen molar-refractivity contribution in [3.05, 3.63) is 39.9 Å². The summed E-state index contributed by atoms with van der Waals surface area (Å²) in [6, 6.07) is 5.81. The van der Waals surface area contributed by atoms with Crippen LogP contribution in [0.15, 0.2) is 23.0 Å². The van der Waals surface area contributed by atoms with Gasteiger partial charge < -0.3 is 10.1 Å². The summed E-state index contributed by atoms with van der Waals surface area (Å²) in [7, 11) is 0. The molecule has 1 aromatic carbocycles. The summed E-state index contributed by atoms with van der Waals surface area (Å²) in [5.74, 6) is 0.544. The first-order chi connectivity index (χ1) is 12.2. The lowest BCUT2D eigenvalue weighted by Crippen LogP contribution is -2.41. The predicted octanol–water partition coefficient (Wildman–Crippen LogP) is 4.02. The molecule has 0 saturated heterocycles. The summed E-state index contributed by atoms with van der Waals surface area (Å²) in [5, 5.41) is 3.45. The largest absolute Gasteiger partial charge is 0.438 e. The number of benzene rings is 1. The normalized spacial score (nSPS) is 15.7. The fraction of sp³-hybridized carbons (Fsp3) is 0.550. The monoisotopic (exact) mass is 357 g/mol. The van der Waals surface area contributed by atoms with E-state index in [1.54, 1.807) is 4.57 Å². The number of alkyl carbamates (subject to hydrolysis) is 1. The molecule has 1 N–H and O–H groups in total. The summed E-state index contributed by atoms with van der Waals surface area (Å²) in [6.07, 6.45) is 1.40. The van der Waals surface area contributed by atoms with Crippen molar-refractivity contribution in [1.29, 1.82) is 0 Å². The van der Waals surface area contributed by atoms with Gasteiger partial charge in [0.05, 0.1) is 10.9 Å². The topological polar surface area (TPSA) is 73.2 Å². The molecule has 1 amide bonds. The molecule has 6 nitrogen and oxygen atoms in total. The van der Waals surface area contributed by atoms with Crippen LogP contribution in [0.5, 0.6) is 0 Å². The number of fused-ring (bicyclic) bond motifs is 1. The van der Waals surface area contributed by atoms with E-state index in [1.165, 1.54) is 0 Å². The van der Waals surface area contributed by atoms with Crippen LogP contribution in [0.1, 0.15) is 70.5 Å². The molecule has 2 aromatic rings. The highest BCUT2D eigenvalue weighted by molar-refractivity contribution is 5.81. The summed E-state index contributed by atoms with van der Waals surface area (Å²) in [5.41, 5.74) is 1.14. The molecule has 3 rings (SSSR count). The second-order valence-corrected chi connectivity index (χ2v) is 8.02. The zero-order chi connectivity index (χ0) is 19.1. The molecule has 1 atom stereocenters. The molecule has 0 bridgehead atoms. The van der Waals surface area contributed by atoms with Gasteiger partial charge in [0.15, 0.2) is 11.9 Å². The Hall–Kier alpha value is -2.37. The second kappa shape index (κ2) is 6.74. The SMILES string of the molecule is CC[C@H](OC(=O)NC(C)(C)C)c1nc2cccc(C)c2c(=O)n1C1CC1. The van der Waals surface area contributed by atoms with Crippen molar-refractivity contribution < 1.29 is 9.53 Å². The zero-order valence-corrected chi connectivity index (χ0v) is 16.1. The van der Waals surface area contributed by atoms with Gasteiger partial charge in [-0.3, -0.25) is 9.36 Å². The molecule has 1 fully saturated rings. The molecule has 1 saturated carbocycles. The van der Waals surface area contributed by atoms with E-state index >= 15 is 0 Å². The third kappa shape index (κ3) is 3.74. The minimum atomic E-state index is -0.560. The van der Waals surface area contributed by atoms with E-state index in [4.69, 9.17) is 9.72 Å². The fourth-order valence-electron chi connectivity index (χ4n) is 3.12. The van der Waals surface area contributed by atoms with Crippen LogP contribution in [0.2, 0.25) is 0 Å². The molecular weight excluding hydrogens is 330 g/mol. The van der Waals surface area contributed by atoms with Crippen LogP contribution in [0.4, 0.5) is 4.79 Å². The fourth-order valence-corrected chi connectivity index (χ4v) is 3.12. The number of hydrogen-bond acceptors (Lipinski definition) is 4. The number of aromatic nitrogens is 2. The lowest BCUT2D eigenvalue weighted by molar-refractivity contribution is 0.0815. The van der Waals surface area contributed by atoms with Crippen molar-refractivity contribution in [3.8, 4) is 0 Å². The number of nitrogens with one attached hydrogen (secondary N) is 1. The number of amides is 1. The van der Waals surface area contributed by atoms with Gasteiger partial charge in [0.2, 0.25) is 0 Å².